The lowest BCUT2D eigenvalue weighted by Gasteiger charge is -2.30. The van der Waals surface area contributed by atoms with Crippen LogP contribution in [-0.4, -0.2) is 61.9 Å². The van der Waals surface area contributed by atoms with Crippen molar-refractivity contribution >= 4 is 5.78 Å². The molecule has 6 heteroatoms. The first-order chi connectivity index (χ1) is 13.9. The van der Waals surface area contributed by atoms with E-state index in [4.69, 9.17) is 14.2 Å². The summed E-state index contributed by atoms with van der Waals surface area (Å²) in [6.45, 7) is 9.64. The Morgan fingerprint density at radius 3 is 2.72 bits per heavy atom. The highest BCUT2D eigenvalue weighted by molar-refractivity contribution is 5.80. The van der Waals surface area contributed by atoms with Crippen LogP contribution < -0.4 is 14.2 Å². The van der Waals surface area contributed by atoms with E-state index in [0.717, 1.165) is 24.4 Å². The van der Waals surface area contributed by atoms with Gasteiger partial charge in [0.2, 0.25) is 0 Å². The molecule has 0 spiro atoms. The number of nitrogens with zero attached hydrogens (tertiary/aromatic N) is 1. The van der Waals surface area contributed by atoms with E-state index in [2.05, 4.69) is 11.8 Å². The number of rotatable bonds is 12. The molecule has 0 bridgehead atoms. The minimum absolute atomic E-state index is 0.0350. The summed E-state index contributed by atoms with van der Waals surface area (Å²) in [4.78, 5) is 14.1. The quantitative estimate of drug-likeness (QED) is 0.535. The minimum Gasteiger partial charge on any atom is -0.493 e. The zero-order valence-electron chi connectivity index (χ0n) is 18.4. The maximum absolute atomic E-state index is 11.6. The number of piperidine rings is 1. The molecule has 0 amide bonds. The number of benzene rings is 1. The summed E-state index contributed by atoms with van der Waals surface area (Å²) < 4.78 is 17.4. The normalized spacial score (nSPS) is 18.3. The molecule has 0 saturated carbocycles. The van der Waals surface area contributed by atoms with Crippen molar-refractivity contribution in [3.8, 4) is 17.2 Å². The molecular weight excluding hydrogens is 370 g/mol. The van der Waals surface area contributed by atoms with Crippen LogP contribution in [-0.2, 0) is 11.2 Å². The Morgan fingerprint density at radius 1 is 1.28 bits per heavy atom. The van der Waals surface area contributed by atoms with Gasteiger partial charge >= 0.3 is 0 Å². The van der Waals surface area contributed by atoms with Crippen molar-refractivity contribution in [3.05, 3.63) is 17.7 Å². The second kappa shape index (κ2) is 12.0. The van der Waals surface area contributed by atoms with Crippen LogP contribution in [0.4, 0.5) is 0 Å². The smallest absolute Gasteiger partial charge is 0.169 e. The van der Waals surface area contributed by atoms with E-state index in [-0.39, 0.29) is 12.4 Å². The number of aryl methyl sites for hydroxylation is 1. The predicted octanol–water partition coefficient (Wildman–Crippen LogP) is 3.48. The summed E-state index contributed by atoms with van der Waals surface area (Å²) in [6, 6.07) is 3.70. The number of carbonyl (C=O) groups is 1. The van der Waals surface area contributed by atoms with Gasteiger partial charge in [-0.2, -0.15) is 0 Å². The Labute approximate surface area is 175 Å². The highest BCUT2D eigenvalue weighted by atomic mass is 16.5. The Kier molecular flexibility index (Phi) is 9.74. The third kappa shape index (κ3) is 7.52. The number of ether oxygens (including phenoxy) is 3. The average Bonchev–Trinajstić information content (AvgIpc) is 2.70. The van der Waals surface area contributed by atoms with E-state index in [1.54, 1.807) is 14.0 Å². The summed E-state index contributed by atoms with van der Waals surface area (Å²) in [5.41, 5.74) is 0.902. The van der Waals surface area contributed by atoms with Gasteiger partial charge in [-0.25, -0.2) is 0 Å². The van der Waals surface area contributed by atoms with Gasteiger partial charge in [-0.15, -0.1) is 0 Å². The minimum atomic E-state index is -0.537. The van der Waals surface area contributed by atoms with Crippen molar-refractivity contribution in [1.82, 2.24) is 4.90 Å². The van der Waals surface area contributed by atoms with Crippen LogP contribution in [0.2, 0.25) is 0 Å². The summed E-state index contributed by atoms with van der Waals surface area (Å²) in [7, 11) is 1.62. The van der Waals surface area contributed by atoms with E-state index in [1.165, 1.54) is 32.9 Å². The number of carbonyl (C=O) groups excluding carboxylic acids is 1. The number of Topliss-reactive ketones (excluding diaryl/α,β-unsaturated/α-hetero) is 1. The topological polar surface area (TPSA) is 68.2 Å². The van der Waals surface area contributed by atoms with Crippen molar-refractivity contribution in [2.75, 3.05) is 40.0 Å². The molecule has 1 N–H and O–H groups in total. The molecule has 0 aromatic heterocycles. The van der Waals surface area contributed by atoms with E-state index < -0.39 is 6.10 Å². The van der Waals surface area contributed by atoms with Gasteiger partial charge in [-0.3, -0.25) is 4.79 Å². The zero-order chi connectivity index (χ0) is 21.2. The van der Waals surface area contributed by atoms with Gasteiger partial charge in [0.05, 0.1) is 13.7 Å². The van der Waals surface area contributed by atoms with Gasteiger partial charge in [0.15, 0.2) is 23.4 Å². The molecule has 1 fully saturated rings. The van der Waals surface area contributed by atoms with Gasteiger partial charge in [0, 0.05) is 25.8 Å². The zero-order valence-corrected chi connectivity index (χ0v) is 18.4. The number of ketones is 1. The van der Waals surface area contributed by atoms with Crippen LogP contribution in [0.1, 0.15) is 52.0 Å². The third-order valence-corrected chi connectivity index (χ3v) is 5.44. The molecule has 1 aliphatic heterocycles. The molecular formula is C23H37NO5. The van der Waals surface area contributed by atoms with Crippen molar-refractivity contribution in [2.45, 2.75) is 59.0 Å². The number of likely N-dealkylation sites (tertiary alicyclic amines) is 1. The molecule has 1 aromatic carbocycles. The standard InChI is InChI=1S/C23H37NO5/c1-17-8-5-10-24(16-17)11-7-13-28-23-15-21(29-19(3)18(2)26)20(9-6-12-25)14-22(23)27-4/h14-15,17,19,25H,5-13,16H2,1-4H3. The Hall–Kier alpha value is -1.79. The maximum Gasteiger partial charge on any atom is 0.169 e. The molecule has 2 atom stereocenters. The Balaban J connectivity index is 2.03. The molecule has 0 radical (unpaired) electrons. The Bertz CT molecular complexity index is 648. The summed E-state index contributed by atoms with van der Waals surface area (Å²) >= 11 is 0. The fourth-order valence-corrected chi connectivity index (χ4v) is 3.66. The van der Waals surface area contributed by atoms with Crippen molar-refractivity contribution in [3.63, 3.8) is 0 Å². The average molecular weight is 408 g/mol. The first kappa shape index (κ1) is 23.5. The highest BCUT2D eigenvalue weighted by Crippen LogP contribution is 2.36. The number of methoxy groups -OCH3 is 1. The van der Waals surface area contributed by atoms with Crippen LogP contribution in [0.25, 0.3) is 0 Å². The molecule has 6 nitrogen and oxygen atoms in total. The SMILES string of the molecule is COc1cc(CCCO)c(OC(C)C(C)=O)cc1OCCCN1CCCC(C)C1. The molecule has 1 aliphatic rings. The molecule has 2 unspecified atom stereocenters. The van der Waals surface area contributed by atoms with Crippen LogP contribution in [0.15, 0.2) is 12.1 Å². The monoisotopic (exact) mass is 407 g/mol. The second-order valence-corrected chi connectivity index (χ2v) is 8.06. The first-order valence-electron chi connectivity index (χ1n) is 10.8. The van der Waals surface area contributed by atoms with E-state index in [9.17, 15) is 9.90 Å². The van der Waals surface area contributed by atoms with Gasteiger partial charge in [-0.05, 0) is 70.0 Å². The van der Waals surface area contributed by atoms with Crippen LogP contribution in [0.5, 0.6) is 17.2 Å². The third-order valence-electron chi connectivity index (χ3n) is 5.44. The van der Waals surface area contributed by atoms with E-state index in [0.29, 0.717) is 36.7 Å². The number of aliphatic hydroxyl groups is 1. The van der Waals surface area contributed by atoms with Crippen LogP contribution >= 0.6 is 0 Å². The van der Waals surface area contributed by atoms with Crippen molar-refractivity contribution < 1.29 is 24.1 Å². The van der Waals surface area contributed by atoms with E-state index >= 15 is 0 Å². The Morgan fingerprint density at radius 2 is 2.07 bits per heavy atom. The van der Waals surface area contributed by atoms with Crippen LogP contribution in [0.3, 0.4) is 0 Å². The first-order valence-corrected chi connectivity index (χ1v) is 10.8. The highest BCUT2D eigenvalue weighted by Gasteiger charge is 2.18. The summed E-state index contributed by atoms with van der Waals surface area (Å²) in [5, 5.41) is 9.18. The van der Waals surface area contributed by atoms with Crippen molar-refractivity contribution in [1.29, 1.82) is 0 Å². The second-order valence-electron chi connectivity index (χ2n) is 8.06. The number of hydrogen-bond donors (Lipinski definition) is 1. The lowest BCUT2D eigenvalue weighted by Crippen LogP contribution is -2.35. The fraction of sp³-hybridized carbons (Fsp3) is 0.696. The lowest BCUT2D eigenvalue weighted by atomic mass is 10.0. The maximum atomic E-state index is 11.6. The van der Waals surface area contributed by atoms with Crippen LogP contribution in [0, 0.1) is 5.92 Å². The predicted molar refractivity (Wildman–Crippen MR) is 114 cm³/mol. The lowest BCUT2D eigenvalue weighted by molar-refractivity contribution is -0.122. The largest absolute Gasteiger partial charge is 0.493 e. The van der Waals surface area contributed by atoms with Gasteiger partial charge in [-0.1, -0.05) is 6.92 Å². The fourth-order valence-electron chi connectivity index (χ4n) is 3.66. The van der Waals surface area contributed by atoms with E-state index in [1.807, 2.05) is 12.1 Å². The molecule has 1 saturated heterocycles. The molecule has 2 rings (SSSR count). The number of hydrogen-bond acceptors (Lipinski definition) is 6. The molecule has 0 aliphatic carbocycles. The molecule has 1 heterocycles. The summed E-state index contributed by atoms with van der Waals surface area (Å²) in [6.07, 6.45) is 4.27. The van der Waals surface area contributed by atoms with Crippen molar-refractivity contribution in [2.24, 2.45) is 5.92 Å². The molecule has 1 aromatic rings. The van der Waals surface area contributed by atoms with Gasteiger partial charge in [0.1, 0.15) is 5.75 Å². The number of aliphatic hydroxyl groups excluding tert-OH is 1. The summed E-state index contributed by atoms with van der Waals surface area (Å²) in [5.74, 6) is 2.62. The molecule has 164 valence electrons. The van der Waals surface area contributed by atoms with Gasteiger partial charge in [0.25, 0.3) is 0 Å². The van der Waals surface area contributed by atoms with Gasteiger partial charge < -0.3 is 24.2 Å². The molecule has 29 heavy (non-hydrogen) atoms.